The highest BCUT2D eigenvalue weighted by Gasteiger charge is 1.99. The van der Waals surface area contributed by atoms with Crippen molar-refractivity contribution in [1.82, 2.24) is 0 Å². The third-order valence-electron chi connectivity index (χ3n) is 2.63. The van der Waals surface area contributed by atoms with Crippen LogP contribution in [0, 0.1) is 0 Å². The Bertz CT molecular complexity index is 564. The van der Waals surface area contributed by atoms with Crippen LogP contribution in [0.4, 0.5) is 5.69 Å². The third-order valence-corrected chi connectivity index (χ3v) is 2.63. The average molecular weight is 233 g/mol. The van der Waals surface area contributed by atoms with Crippen LogP contribution >= 0.6 is 0 Å². The summed E-state index contributed by atoms with van der Waals surface area (Å²) in [5.74, 6) is 0. The molecule has 0 saturated carbocycles. The minimum atomic E-state index is 0.550. The van der Waals surface area contributed by atoms with Crippen molar-refractivity contribution < 1.29 is 4.79 Å². The monoisotopic (exact) mass is 233 g/mol. The second-order valence-corrected chi connectivity index (χ2v) is 3.85. The summed E-state index contributed by atoms with van der Waals surface area (Å²) in [6, 6.07) is 15.5. The Hall–Kier alpha value is -2.29. The predicted octanol–water partition coefficient (Wildman–Crippen LogP) is 3.16. The predicted molar refractivity (Wildman–Crippen MR) is 76.6 cm³/mol. The third kappa shape index (κ3) is 2.89. The fourth-order valence-corrected chi connectivity index (χ4v) is 1.66. The topological polar surface area (TPSA) is 29.1 Å². The summed E-state index contributed by atoms with van der Waals surface area (Å²) in [6.45, 7) is 0. The molecule has 0 bridgehead atoms. The van der Waals surface area contributed by atoms with Gasteiger partial charge in [-0.05, 0) is 23.3 Å². The van der Waals surface area contributed by atoms with E-state index >= 15 is 0 Å². The standard InChI is InChI=1S/C15H12BNO/c16-17-15-10-13(8-9-14(15)11-18)7-6-12-4-2-1-3-5-12/h1-11,17H/b7-6+. The molecule has 0 aliphatic rings. The zero-order valence-electron chi connectivity index (χ0n) is 9.84. The van der Waals surface area contributed by atoms with Crippen LogP contribution in [-0.2, 0) is 0 Å². The van der Waals surface area contributed by atoms with Gasteiger partial charge in [0.25, 0.3) is 0 Å². The first-order valence-electron chi connectivity index (χ1n) is 5.62. The van der Waals surface area contributed by atoms with Crippen LogP contribution in [0.1, 0.15) is 21.5 Å². The number of benzene rings is 2. The number of rotatable bonds is 4. The molecule has 0 aromatic heterocycles. The molecule has 1 N–H and O–H groups in total. The summed E-state index contributed by atoms with van der Waals surface area (Å²) in [7, 11) is 5.37. The quantitative estimate of drug-likeness (QED) is 0.499. The van der Waals surface area contributed by atoms with Gasteiger partial charge < -0.3 is 5.23 Å². The van der Waals surface area contributed by atoms with E-state index in [9.17, 15) is 4.79 Å². The summed E-state index contributed by atoms with van der Waals surface area (Å²) < 4.78 is 0. The van der Waals surface area contributed by atoms with Crippen molar-refractivity contribution in [2.24, 2.45) is 0 Å². The molecule has 0 heterocycles. The number of hydrogen-bond donors (Lipinski definition) is 1. The van der Waals surface area contributed by atoms with Crippen LogP contribution in [0.15, 0.2) is 48.5 Å². The van der Waals surface area contributed by atoms with Gasteiger partial charge in [-0.2, -0.15) is 0 Å². The van der Waals surface area contributed by atoms with Crippen molar-refractivity contribution in [3.8, 4) is 0 Å². The molecule has 0 atom stereocenters. The van der Waals surface area contributed by atoms with Gasteiger partial charge in [0.15, 0.2) is 6.29 Å². The van der Waals surface area contributed by atoms with Gasteiger partial charge in [0.1, 0.15) is 0 Å². The molecule has 2 radical (unpaired) electrons. The first-order valence-corrected chi connectivity index (χ1v) is 5.62. The number of carbonyl (C=O) groups is 1. The Labute approximate surface area is 108 Å². The molecular weight excluding hydrogens is 221 g/mol. The lowest BCUT2D eigenvalue weighted by Crippen LogP contribution is -1.96. The molecular formula is C15H12BNO. The largest absolute Gasteiger partial charge is 0.437 e. The van der Waals surface area contributed by atoms with Gasteiger partial charge in [0.2, 0.25) is 7.98 Å². The second kappa shape index (κ2) is 5.87. The van der Waals surface area contributed by atoms with Gasteiger partial charge in [-0.1, -0.05) is 48.6 Å². The number of nitrogens with one attached hydrogen (secondary N) is 1. The van der Waals surface area contributed by atoms with E-state index in [1.54, 1.807) is 6.07 Å². The minimum absolute atomic E-state index is 0.550. The Morgan fingerprint density at radius 2 is 1.67 bits per heavy atom. The van der Waals surface area contributed by atoms with Crippen LogP contribution in [0.3, 0.4) is 0 Å². The highest BCUT2D eigenvalue weighted by molar-refractivity contribution is 6.17. The molecule has 18 heavy (non-hydrogen) atoms. The van der Waals surface area contributed by atoms with E-state index < -0.39 is 0 Å². The maximum atomic E-state index is 10.8. The van der Waals surface area contributed by atoms with E-state index in [0.717, 1.165) is 17.4 Å². The van der Waals surface area contributed by atoms with E-state index in [-0.39, 0.29) is 0 Å². The van der Waals surface area contributed by atoms with Gasteiger partial charge >= 0.3 is 0 Å². The minimum Gasteiger partial charge on any atom is -0.437 e. The lowest BCUT2D eigenvalue weighted by molar-refractivity contribution is 0.112. The molecule has 0 aliphatic heterocycles. The Balaban J connectivity index is 2.25. The lowest BCUT2D eigenvalue weighted by atomic mass is 10.1. The van der Waals surface area contributed by atoms with E-state index in [2.05, 4.69) is 5.23 Å². The highest BCUT2D eigenvalue weighted by atomic mass is 16.1. The molecule has 3 heteroatoms. The van der Waals surface area contributed by atoms with Crippen LogP contribution in [0.2, 0.25) is 0 Å². The summed E-state index contributed by atoms with van der Waals surface area (Å²) in [5, 5.41) is 2.52. The molecule has 86 valence electrons. The zero-order chi connectivity index (χ0) is 12.8. The lowest BCUT2D eigenvalue weighted by Gasteiger charge is -2.05. The van der Waals surface area contributed by atoms with Gasteiger partial charge in [-0.3, -0.25) is 4.79 Å². The fraction of sp³-hybridized carbons (Fsp3) is 0. The number of anilines is 1. The van der Waals surface area contributed by atoms with Crippen LogP contribution in [0.25, 0.3) is 12.2 Å². The molecule has 2 aromatic rings. The van der Waals surface area contributed by atoms with Gasteiger partial charge in [0, 0.05) is 11.3 Å². The molecule has 2 nitrogen and oxygen atoms in total. The molecule has 2 rings (SSSR count). The normalized spacial score (nSPS) is 10.4. The summed E-state index contributed by atoms with van der Waals surface area (Å²) in [5.41, 5.74) is 3.28. The van der Waals surface area contributed by atoms with Crippen molar-refractivity contribution in [2.45, 2.75) is 0 Å². The highest BCUT2D eigenvalue weighted by Crippen LogP contribution is 2.17. The molecule has 0 saturated heterocycles. The Morgan fingerprint density at radius 1 is 0.944 bits per heavy atom. The van der Waals surface area contributed by atoms with E-state index in [0.29, 0.717) is 11.3 Å². The Kier molecular flexibility index (Phi) is 3.97. The smallest absolute Gasteiger partial charge is 0.222 e. The first-order chi connectivity index (χ1) is 8.83. The van der Waals surface area contributed by atoms with Crippen molar-refractivity contribution in [1.29, 1.82) is 0 Å². The average Bonchev–Trinajstić information content (AvgIpc) is 2.45. The summed E-state index contributed by atoms with van der Waals surface area (Å²) in [6.07, 6.45) is 4.76. The van der Waals surface area contributed by atoms with Gasteiger partial charge in [0.05, 0.1) is 0 Å². The van der Waals surface area contributed by atoms with E-state index in [4.69, 9.17) is 7.98 Å². The van der Waals surface area contributed by atoms with Gasteiger partial charge in [-0.25, -0.2) is 0 Å². The molecule has 0 spiro atoms. The van der Waals surface area contributed by atoms with Crippen LogP contribution in [0.5, 0.6) is 0 Å². The molecule has 0 fully saturated rings. The van der Waals surface area contributed by atoms with Crippen molar-refractivity contribution in [3.05, 3.63) is 65.2 Å². The first kappa shape index (κ1) is 12.2. The maximum Gasteiger partial charge on any atom is 0.222 e. The molecule has 0 aliphatic carbocycles. The molecule has 2 aromatic carbocycles. The van der Waals surface area contributed by atoms with Crippen molar-refractivity contribution in [3.63, 3.8) is 0 Å². The second-order valence-electron chi connectivity index (χ2n) is 3.85. The van der Waals surface area contributed by atoms with Crippen molar-refractivity contribution >= 4 is 32.1 Å². The molecule has 0 amide bonds. The fourth-order valence-electron chi connectivity index (χ4n) is 1.66. The summed E-state index contributed by atoms with van der Waals surface area (Å²) in [4.78, 5) is 10.8. The van der Waals surface area contributed by atoms with E-state index in [1.165, 1.54) is 0 Å². The van der Waals surface area contributed by atoms with Crippen LogP contribution in [-0.4, -0.2) is 14.3 Å². The number of carbonyl (C=O) groups excluding carboxylic acids is 1. The number of aldehydes is 1. The van der Waals surface area contributed by atoms with Gasteiger partial charge in [-0.15, -0.1) is 0 Å². The summed E-state index contributed by atoms with van der Waals surface area (Å²) >= 11 is 0. The zero-order valence-corrected chi connectivity index (χ0v) is 9.84. The van der Waals surface area contributed by atoms with E-state index in [1.807, 2.05) is 54.6 Å². The number of hydrogen-bond acceptors (Lipinski definition) is 2. The SMILES string of the molecule is [B]Nc1cc(/C=C/c2ccccc2)ccc1C=O. The van der Waals surface area contributed by atoms with Crippen molar-refractivity contribution in [2.75, 3.05) is 5.23 Å². The van der Waals surface area contributed by atoms with Crippen LogP contribution < -0.4 is 5.23 Å². The maximum absolute atomic E-state index is 10.8. The Morgan fingerprint density at radius 3 is 2.33 bits per heavy atom. The molecule has 0 unspecified atom stereocenters.